The van der Waals surface area contributed by atoms with Crippen molar-refractivity contribution in [3.8, 4) is 11.5 Å². The first-order valence-corrected chi connectivity index (χ1v) is 11.3. The number of benzene rings is 1. The van der Waals surface area contributed by atoms with Gasteiger partial charge in [0.2, 0.25) is 0 Å². The number of hydrogen-bond donors (Lipinski definition) is 0. The lowest BCUT2D eigenvalue weighted by Gasteiger charge is -2.03. The van der Waals surface area contributed by atoms with E-state index in [1.54, 1.807) is 24.3 Å². The molecular weight excluding hydrogens is 304 g/mol. The van der Waals surface area contributed by atoms with Gasteiger partial charge in [-0.3, -0.25) is 4.79 Å². The van der Waals surface area contributed by atoms with Gasteiger partial charge in [0.25, 0.3) is 0 Å². The summed E-state index contributed by atoms with van der Waals surface area (Å²) in [5.41, 5.74) is 3.74. The summed E-state index contributed by atoms with van der Waals surface area (Å²) in [5.74, 6) is 2.60. The van der Waals surface area contributed by atoms with Crippen LogP contribution >= 0.6 is 0 Å². The van der Waals surface area contributed by atoms with E-state index in [0.29, 0.717) is 18.4 Å². The standard InChI is InChI=1S/C19H24O3Si/c1-23(2,3)15-11-6-4-5-10-14-18(20)16-22-19(21)17-12-8-7-9-13-17/h4-5,7-9,12-13H,6,10,14,16H2,1-3H3/b5-4+. The highest BCUT2D eigenvalue weighted by Gasteiger charge is 2.09. The molecule has 0 heterocycles. The topological polar surface area (TPSA) is 43.4 Å². The van der Waals surface area contributed by atoms with E-state index in [9.17, 15) is 9.59 Å². The highest BCUT2D eigenvalue weighted by molar-refractivity contribution is 6.83. The minimum absolute atomic E-state index is 0.0767. The zero-order valence-corrected chi connectivity index (χ0v) is 15.1. The van der Waals surface area contributed by atoms with Crippen molar-refractivity contribution in [2.24, 2.45) is 0 Å². The van der Waals surface area contributed by atoms with Crippen molar-refractivity contribution in [3.63, 3.8) is 0 Å². The number of ether oxygens (including phenoxy) is 1. The van der Waals surface area contributed by atoms with Gasteiger partial charge in [-0.25, -0.2) is 4.79 Å². The fourth-order valence-electron chi connectivity index (χ4n) is 1.70. The van der Waals surface area contributed by atoms with Crippen LogP contribution in [0.5, 0.6) is 0 Å². The molecule has 23 heavy (non-hydrogen) atoms. The summed E-state index contributed by atoms with van der Waals surface area (Å²) in [6.45, 7) is 6.45. The first kappa shape index (κ1) is 18.9. The molecule has 0 N–H and O–H groups in total. The van der Waals surface area contributed by atoms with Crippen LogP contribution in [0.4, 0.5) is 0 Å². The van der Waals surface area contributed by atoms with Crippen LogP contribution in [0.25, 0.3) is 0 Å². The second-order valence-corrected chi connectivity index (χ2v) is 11.0. The fraction of sp³-hybridized carbons (Fsp3) is 0.368. The second kappa shape index (κ2) is 9.81. The third-order valence-corrected chi connectivity index (χ3v) is 3.74. The maximum absolute atomic E-state index is 11.7. The van der Waals surface area contributed by atoms with Crippen LogP contribution in [0.2, 0.25) is 19.6 Å². The monoisotopic (exact) mass is 328 g/mol. The van der Waals surface area contributed by atoms with Crippen molar-refractivity contribution in [2.45, 2.75) is 38.9 Å². The van der Waals surface area contributed by atoms with E-state index in [4.69, 9.17) is 4.74 Å². The highest BCUT2D eigenvalue weighted by atomic mass is 28.3. The van der Waals surface area contributed by atoms with E-state index in [1.807, 2.05) is 18.2 Å². The van der Waals surface area contributed by atoms with Crippen molar-refractivity contribution in [1.29, 1.82) is 0 Å². The quantitative estimate of drug-likeness (QED) is 0.329. The molecule has 1 aromatic carbocycles. The molecule has 1 aromatic rings. The van der Waals surface area contributed by atoms with E-state index < -0.39 is 14.0 Å². The van der Waals surface area contributed by atoms with Crippen molar-refractivity contribution in [3.05, 3.63) is 48.0 Å². The molecule has 0 aromatic heterocycles. The Labute approximate surface area is 139 Å². The fourth-order valence-corrected chi connectivity index (χ4v) is 2.33. The minimum atomic E-state index is -1.29. The van der Waals surface area contributed by atoms with Crippen LogP contribution in [0.1, 0.15) is 29.6 Å². The summed E-state index contributed by atoms with van der Waals surface area (Å²) in [6, 6.07) is 8.67. The molecule has 0 aliphatic carbocycles. The van der Waals surface area contributed by atoms with Gasteiger partial charge < -0.3 is 4.74 Å². The predicted octanol–water partition coefficient (Wildman–Crippen LogP) is 4.02. The number of rotatable bonds is 7. The van der Waals surface area contributed by atoms with Crippen LogP contribution in [-0.2, 0) is 9.53 Å². The molecule has 1 rings (SSSR count). The lowest BCUT2D eigenvalue weighted by atomic mass is 10.2. The van der Waals surface area contributed by atoms with Crippen LogP contribution in [-0.4, -0.2) is 26.4 Å². The van der Waals surface area contributed by atoms with E-state index in [2.05, 4.69) is 31.1 Å². The molecular formula is C19H24O3Si. The van der Waals surface area contributed by atoms with Crippen LogP contribution in [0, 0.1) is 11.5 Å². The molecule has 0 aliphatic rings. The summed E-state index contributed by atoms with van der Waals surface area (Å²) in [5, 5.41) is 0. The zero-order valence-electron chi connectivity index (χ0n) is 14.1. The summed E-state index contributed by atoms with van der Waals surface area (Å²) < 4.78 is 4.99. The molecule has 0 atom stereocenters. The van der Waals surface area contributed by atoms with E-state index in [0.717, 1.165) is 6.42 Å². The molecule has 0 radical (unpaired) electrons. The van der Waals surface area contributed by atoms with Gasteiger partial charge in [-0.1, -0.05) is 50.0 Å². The number of esters is 1. The average Bonchev–Trinajstić information content (AvgIpc) is 2.51. The normalized spacial score (nSPS) is 10.9. The lowest BCUT2D eigenvalue weighted by molar-refractivity contribution is -0.122. The predicted molar refractivity (Wildman–Crippen MR) is 95.8 cm³/mol. The van der Waals surface area contributed by atoms with E-state index >= 15 is 0 Å². The number of carbonyl (C=O) groups is 2. The molecule has 4 heteroatoms. The van der Waals surface area contributed by atoms with E-state index in [1.165, 1.54) is 0 Å². The Morgan fingerprint density at radius 3 is 2.48 bits per heavy atom. The van der Waals surface area contributed by atoms with E-state index in [-0.39, 0.29) is 12.4 Å². The van der Waals surface area contributed by atoms with Gasteiger partial charge in [0.15, 0.2) is 5.78 Å². The van der Waals surface area contributed by atoms with Gasteiger partial charge in [0, 0.05) is 12.8 Å². The first-order valence-electron chi connectivity index (χ1n) is 7.77. The number of allylic oxidation sites excluding steroid dienone is 2. The number of carbonyl (C=O) groups excluding carboxylic acids is 2. The largest absolute Gasteiger partial charge is 0.454 e. The first-order chi connectivity index (χ1) is 10.9. The number of hydrogen-bond acceptors (Lipinski definition) is 3. The summed E-state index contributed by atoms with van der Waals surface area (Å²) in [6.07, 6.45) is 5.68. The molecule has 0 saturated heterocycles. The maximum atomic E-state index is 11.7. The Bertz CT molecular complexity index is 601. The summed E-state index contributed by atoms with van der Waals surface area (Å²) >= 11 is 0. The van der Waals surface area contributed by atoms with Crippen LogP contribution < -0.4 is 0 Å². The lowest BCUT2D eigenvalue weighted by Crippen LogP contribution is -2.16. The number of ketones is 1. The van der Waals surface area contributed by atoms with Crippen molar-refractivity contribution >= 4 is 19.8 Å². The summed E-state index contributed by atoms with van der Waals surface area (Å²) in [4.78, 5) is 23.3. The highest BCUT2D eigenvalue weighted by Crippen LogP contribution is 2.02. The Balaban J connectivity index is 2.19. The third kappa shape index (κ3) is 9.49. The molecule has 122 valence electrons. The number of Topliss-reactive ketones (excluding diaryl/α,β-unsaturated/α-hetero) is 1. The Kier molecular flexibility index (Phi) is 8.07. The van der Waals surface area contributed by atoms with Crippen LogP contribution in [0.3, 0.4) is 0 Å². The van der Waals surface area contributed by atoms with Gasteiger partial charge in [-0.05, 0) is 18.6 Å². The molecule has 0 fully saturated rings. The zero-order chi connectivity index (χ0) is 17.1. The maximum Gasteiger partial charge on any atom is 0.338 e. The Morgan fingerprint density at radius 1 is 1.13 bits per heavy atom. The van der Waals surface area contributed by atoms with Gasteiger partial charge in [-0.15, -0.1) is 11.5 Å². The minimum Gasteiger partial charge on any atom is -0.454 e. The molecule has 3 nitrogen and oxygen atoms in total. The van der Waals surface area contributed by atoms with Gasteiger partial charge in [-0.2, -0.15) is 0 Å². The molecule has 0 aliphatic heterocycles. The van der Waals surface area contributed by atoms with Crippen molar-refractivity contribution in [2.75, 3.05) is 6.61 Å². The molecule has 0 spiro atoms. The smallest absolute Gasteiger partial charge is 0.338 e. The molecule has 0 bridgehead atoms. The van der Waals surface area contributed by atoms with Gasteiger partial charge in [0.1, 0.15) is 14.7 Å². The van der Waals surface area contributed by atoms with Gasteiger partial charge in [0.05, 0.1) is 5.56 Å². The molecule has 0 amide bonds. The molecule has 0 saturated carbocycles. The Hall–Kier alpha value is -2.12. The SMILES string of the molecule is C[Si](C)(C)C#CC/C=C/CCC(=O)COC(=O)c1ccccc1. The third-order valence-electron chi connectivity index (χ3n) is 2.81. The Morgan fingerprint density at radius 2 is 1.83 bits per heavy atom. The van der Waals surface area contributed by atoms with Gasteiger partial charge >= 0.3 is 5.97 Å². The van der Waals surface area contributed by atoms with Crippen molar-refractivity contribution in [1.82, 2.24) is 0 Å². The molecule has 0 unspecified atom stereocenters. The van der Waals surface area contributed by atoms with Crippen molar-refractivity contribution < 1.29 is 14.3 Å². The second-order valence-electron chi connectivity index (χ2n) is 6.25. The summed E-state index contributed by atoms with van der Waals surface area (Å²) in [7, 11) is -1.29. The van der Waals surface area contributed by atoms with Crippen LogP contribution in [0.15, 0.2) is 42.5 Å². The average molecular weight is 328 g/mol.